The summed E-state index contributed by atoms with van der Waals surface area (Å²) in [4.78, 5) is 10.5. The van der Waals surface area contributed by atoms with Gasteiger partial charge in [-0.05, 0) is 30.4 Å². The minimum atomic E-state index is -0.308. The van der Waals surface area contributed by atoms with Gasteiger partial charge in [0.2, 0.25) is 5.24 Å². The van der Waals surface area contributed by atoms with E-state index in [4.69, 9.17) is 23.2 Å². The summed E-state index contributed by atoms with van der Waals surface area (Å²) in [5.41, 5.74) is 0. The zero-order chi connectivity index (χ0) is 8.27. The molecule has 0 spiro atoms. The topological polar surface area (TPSA) is 17.1 Å². The van der Waals surface area contributed by atoms with Crippen molar-refractivity contribution in [1.82, 2.24) is 0 Å². The highest BCUT2D eigenvalue weighted by molar-refractivity contribution is 6.63. The molecule has 0 bridgehead atoms. The van der Waals surface area contributed by atoms with Crippen LogP contribution >= 0.6 is 23.2 Å². The summed E-state index contributed by atoms with van der Waals surface area (Å²) in [5, 5.41) is -0.334. The molecule has 0 aromatic carbocycles. The first-order valence-electron chi connectivity index (χ1n) is 4.02. The SMILES string of the molecule is O=C(Cl)CC(Cl)C1CCCC1. The van der Waals surface area contributed by atoms with Crippen molar-refractivity contribution < 1.29 is 4.79 Å². The van der Waals surface area contributed by atoms with Crippen LogP contribution in [-0.2, 0) is 4.79 Å². The van der Waals surface area contributed by atoms with E-state index < -0.39 is 0 Å². The maximum absolute atomic E-state index is 10.5. The second-order valence-electron chi connectivity index (χ2n) is 3.12. The molecule has 1 fully saturated rings. The highest BCUT2D eigenvalue weighted by Crippen LogP contribution is 2.32. The third-order valence-corrected chi connectivity index (χ3v) is 2.93. The number of rotatable bonds is 3. The molecule has 0 radical (unpaired) electrons. The van der Waals surface area contributed by atoms with E-state index in [0.717, 1.165) is 0 Å². The zero-order valence-electron chi connectivity index (χ0n) is 6.35. The Kier molecular flexibility index (Phi) is 3.67. The maximum atomic E-state index is 10.5. The van der Waals surface area contributed by atoms with Crippen LogP contribution in [0.15, 0.2) is 0 Å². The fraction of sp³-hybridized carbons (Fsp3) is 0.875. The molecule has 0 aliphatic heterocycles. The third-order valence-electron chi connectivity index (χ3n) is 2.27. The van der Waals surface area contributed by atoms with Gasteiger partial charge in [-0.15, -0.1) is 11.6 Å². The summed E-state index contributed by atoms with van der Waals surface area (Å²) in [7, 11) is 0. The second-order valence-corrected chi connectivity index (χ2v) is 4.10. The highest BCUT2D eigenvalue weighted by atomic mass is 35.5. The first kappa shape index (κ1) is 9.34. The molecule has 0 aromatic heterocycles. The van der Waals surface area contributed by atoms with Crippen molar-refractivity contribution in [2.75, 3.05) is 0 Å². The summed E-state index contributed by atoms with van der Waals surface area (Å²) < 4.78 is 0. The standard InChI is InChI=1S/C8H12Cl2O/c9-7(5-8(10)11)6-3-1-2-4-6/h6-7H,1-5H2. The number of carbonyl (C=O) groups is 1. The van der Waals surface area contributed by atoms with Gasteiger partial charge in [0.05, 0.1) is 0 Å². The molecule has 3 heteroatoms. The second kappa shape index (κ2) is 4.32. The lowest BCUT2D eigenvalue weighted by molar-refractivity contribution is -0.111. The van der Waals surface area contributed by atoms with Gasteiger partial charge in [-0.2, -0.15) is 0 Å². The van der Waals surface area contributed by atoms with E-state index in [-0.39, 0.29) is 10.6 Å². The van der Waals surface area contributed by atoms with Gasteiger partial charge >= 0.3 is 0 Å². The molecule has 1 saturated carbocycles. The third kappa shape index (κ3) is 3.00. The molecule has 1 unspecified atom stereocenters. The summed E-state index contributed by atoms with van der Waals surface area (Å²) in [6.45, 7) is 0. The molecule has 0 saturated heterocycles. The molecule has 0 N–H and O–H groups in total. The Labute approximate surface area is 77.1 Å². The van der Waals surface area contributed by atoms with Crippen LogP contribution in [0.2, 0.25) is 0 Å². The minimum Gasteiger partial charge on any atom is -0.281 e. The minimum absolute atomic E-state index is 0.0255. The predicted molar refractivity (Wildman–Crippen MR) is 47.1 cm³/mol. The summed E-state index contributed by atoms with van der Waals surface area (Å²) >= 11 is 11.2. The average Bonchev–Trinajstić information content (AvgIpc) is 2.35. The first-order valence-corrected chi connectivity index (χ1v) is 4.84. The van der Waals surface area contributed by atoms with Crippen LogP contribution < -0.4 is 0 Å². The molecule has 64 valence electrons. The number of alkyl halides is 1. The molecular weight excluding hydrogens is 183 g/mol. The van der Waals surface area contributed by atoms with Crippen LogP contribution in [0.5, 0.6) is 0 Å². The van der Waals surface area contributed by atoms with Crippen molar-refractivity contribution >= 4 is 28.4 Å². The molecule has 11 heavy (non-hydrogen) atoms. The molecule has 1 aliphatic carbocycles. The van der Waals surface area contributed by atoms with Crippen LogP contribution in [0.1, 0.15) is 32.1 Å². The predicted octanol–water partition coefficient (Wildman–Crippen LogP) is 2.94. The average molecular weight is 195 g/mol. The fourth-order valence-corrected chi connectivity index (χ4v) is 2.28. The van der Waals surface area contributed by atoms with E-state index in [9.17, 15) is 4.79 Å². The molecule has 1 aliphatic rings. The lowest BCUT2D eigenvalue weighted by Gasteiger charge is -2.13. The van der Waals surface area contributed by atoms with Crippen LogP contribution in [0.3, 0.4) is 0 Å². The van der Waals surface area contributed by atoms with E-state index in [0.29, 0.717) is 12.3 Å². The van der Waals surface area contributed by atoms with Gasteiger partial charge in [0.1, 0.15) is 0 Å². The van der Waals surface area contributed by atoms with Gasteiger partial charge in [-0.1, -0.05) is 12.8 Å². The Bertz CT molecular complexity index is 141. The van der Waals surface area contributed by atoms with Gasteiger partial charge in [0.25, 0.3) is 0 Å². The Morgan fingerprint density at radius 1 is 1.45 bits per heavy atom. The molecule has 1 nitrogen and oxygen atoms in total. The Morgan fingerprint density at radius 3 is 2.45 bits per heavy atom. The molecule has 1 atom stereocenters. The molecule has 0 aromatic rings. The van der Waals surface area contributed by atoms with E-state index in [1.807, 2.05) is 0 Å². The lowest BCUT2D eigenvalue weighted by atomic mass is 10.0. The molecule has 0 heterocycles. The van der Waals surface area contributed by atoms with Crippen LogP contribution in [0, 0.1) is 5.92 Å². The molecule has 1 rings (SSSR count). The van der Waals surface area contributed by atoms with Crippen molar-refractivity contribution in [2.45, 2.75) is 37.5 Å². The van der Waals surface area contributed by atoms with Crippen LogP contribution in [-0.4, -0.2) is 10.6 Å². The van der Waals surface area contributed by atoms with Crippen molar-refractivity contribution in [1.29, 1.82) is 0 Å². The van der Waals surface area contributed by atoms with E-state index >= 15 is 0 Å². The van der Waals surface area contributed by atoms with Gasteiger partial charge in [0, 0.05) is 11.8 Å². The lowest BCUT2D eigenvalue weighted by Crippen LogP contribution is -2.13. The summed E-state index contributed by atoms with van der Waals surface area (Å²) in [6, 6.07) is 0. The van der Waals surface area contributed by atoms with Gasteiger partial charge in [0.15, 0.2) is 0 Å². The van der Waals surface area contributed by atoms with Gasteiger partial charge < -0.3 is 0 Å². The Morgan fingerprint density at radius 2 is 2.00 bits per heavy atom. The summed E-state index contributed by atoms with van der Waals surface area (Å²) in [5.74, 6) is 0.527. The number of carbonyl (C=O) groups excluding carboxylic acids is 1. The Hall–Kier alpha value is 0.250. The van der Waals surface area contributed by atoms with E-state index in [1.54, 1.807) is 0 Å². The fourth-order valence-electron chi connectivity index (χ4n) is 1.64. The quantitative estimate of drug-likeness (QED) is 0.499. The number of hydrogen-bond acceptors (Lipinski definition) is 1. The number of hydrogen-bond donors (Lipinski definition) is 0. The highest BCUT2D eigenvalue weighted by Gasteiger charge is 2.24. The van der Waals surface area contributed by atoms with Crippen molar-refractivity contribution in [2.24, 2.45) is 5.92 Å². The van der Waals surface area contributed by atoms with Gasteiger partial charge in [-0.25, -0.2) is 0 Å². The number of halogens is 2. The zero-order valence-corrected chi connectivity index (χ0v) is 7.87. The van der Waals surface area contributed by atoms with Gasteiger partial charge in [-0.3, -0.25) is 4.79 Å². The van der Waals surface area contributed by atoms with Crippen LogP contribution in [0.4, 0.5) is 0 Å². The largest absolute Gasteiger partial charge is 0.281 e. The van der Waals surface area contributed by atoms with Crippen LogP contribution in [0.25, 0.3) is 0 Å². The van der Waals surface area contributed by atoms with E-state index in [2.05, 4.69) is 0 Å². The van der Waals surface area contributed by atoms with Crippen molar-refractivity contribution in [3.05, 3.63) is 0 Å². The first-order chi connectivity index (χ1) is 5.20. The maximum Gasteiger partial charge on any atom is 0.223 e. The van der Waals surface area contributed by atoms with Crippen molar-refractivity contribution in [3.63, 3.8) is 0 Å². The monoisotopic (exact) mass is 194 g/mol. The van der Waals surface area contributed by atoms with Crippen molar-refractivity contribution in [3.8, 4) is 0 Å². The summed E-state index contributed by atoms with van der Waals surface area (Å²) in [6.07, 6.45) is 5.17. The Balaban J connectivity index is 2.28. The molecular formula is C8H12Cl2O. The molecule has 0 amide bonds. The smallest absolute Gasteiger partial charge is 0.223 e. The van der Waals surface area contributed by atoms with E-state index in [1.165, 1.54) is 25.7 Å². The normalized spacial score (nSPS) is 22.0.